The summed E-state index contributed by atoms with van der Waals surface area (Å²) < 4.78 is 5.12. The summed E-state index contributed by atoms with van der Waals surface area (Å²) in [5.41, 5.74) is 3.78. The third kappa shape index (κ3) is 5.33. The zero-order valence-electron chi connectivity index (χ0n) is 15.6. The highest BCUT2D eigenvalue weighted by Gasteiger charge is 2.22. The molecule has 0 heterocycles. The van der Waals surface area contributed by atoms with Crippen molar-refractivity contribution in [1.29, 1.82) is 0 Å². The van der Waals surface area contributed by atoms with E-state index < -0.39 is 5.97 Å². The maximum atomic E-state index is 12.6. The van der Waals surface area contributed by atoms with Gasteiger partial charge in [-0.1, -0.05) is 36.4 Å². The third-order valence-corrected chi connectivity index (χ3v) is 5.04. The summed E-state index contributed by atoms with van der Waals surface area (Å²) in [6.07, 6.45) is 3.66. The molecule has 3 rings (SSSR count). The highest BCUT2D eigenvalue weighted by atomic mass is 16.5. The zero-order chi connectivity index (χ0) is 19.2. The number of ether oxygens (including phenoxy) is 1. The molecule has 1 aliphatic rings. The second kappa shape index (κ2) is 8.71. The number of carboxylic acid groups (broad SMARTS) is 1. The maximum absolute atomic E-state index is 12.6. The molecule has 1 aliphatic carbocycles. The predicted molar refractivity (Wildman–Crippen MR) is 103 cm³/mol. The van der Waals surface area contributed by atoms with Gasteiger partial charge in [-0.2, -0.15) is 0 Å². The van der Waals surface area contributed by atoms with Crippen LogP contribution in [0.3, 0.4) is 0 Å². The Kier molecular flexibility index (Phi) is 6.12. The first-order valence-corrected chi connectivity index (χ1v) is 9.25. The fourth-order valence-electron chi connectivity index (χ4n) is 3.55. The highest BCUT2D eigenvalue weighted by molar-refractivity contribution is 5.76. The lowest BCUT2D eigenvalue weighted by Crippen LogP contribution is -2.29. The van der Waals surface area contributed by atoms with E-state index >= 15 is 0 Å². The van der Waals surface area contributed by atoms with E-state index in [0.717, 1.165) is 24.8 Å². The molecule has 0 saturated heterocycles. The standard InChI is InChI=1S/C22H25NO4/c1-23(14-16-7-10-20(11-8-16)27-15-22(25)26)21(24)13-17-6-9-18-4-2-3-5-19(18)12-17/h2-5,7-8,10-11,17H,6,9,12-15H2,1H3,(H,25,26). The molecule has 1 atom stereocenters. The summed E-state index contributed by atoms with van der Waals surface area (Å²) in [6.45, 7) is 0.170. The van der Waals surface area contributed by atoms with Crippen LogP contribution in [0.5, 0.6) is 5.75 Å². The molecule has 2 aromatic carbocycles. The van der Waals surface area contributed by atoms with Crippen LogP contribution in [0.4, 0.5) is 0 Å². The molecule has 0 fully saturated rings. The van der Waals surface area contributed by atoms with Crippen LogP contribution in [0.1, 0.15) is 29.5 Å². The van der Waals surface area contributed by atoms with Crippen molar-refractivity contribution < 1.29 is 19.4 Å². The van der Waals surface area contributed by atoms with Gasteiger partial charge in [-0.25, -0.2) is 4.79 Å². The summed E-state index contributed by atoms with van der Waals surface area (Å²) in [7, 11) is 1.83. The van der Waals surface area contributed by atoms with Gasteiger partial charge in [0.2, 0.25) is 5.91 Å². The number of nitrogens with zero attached hydrogens (tertiary/aromatic N) is 1. The average molecular weight is 367 g/mol. The van der Waals surface area contributed by atoms with Crippen molar-refractivity contribution in [1.82, 2.24) is 4.90 Å². The number of carboxylic acids is 1. The van der Waals surface area contributed by atoms with Crippen molar-refractivity contribution >= 4 is 11.9 Å². The molecule has 0 bridgehead atoms. The second-order valence-electron chi connectivity index (χ2n) is 7.16. The highest BCUT2D eigenvalue weighted by Crippen LogP contribution is 2.28. The molecule has 0 spiro atoms. The Labute approximate surface area is 159 Å². The van der Waals surface area contributed by atoms with Crippen LogP contribution in [0, 0.1) is 5.92 Å². The van der Waals surface area contributed by atoms with E-state index in [1.165, 1.54) is 11.1 Å². The lowest BCUT2D eigenvalue weighted by atomic mass is 9.82. The minimum absolute atomic E-state index is 0.158. The third-order valence-electron chi connectivity index (χ3n) is 5.04. The smallest absolute Gasteiger partial charge is 0.341 e. The molecule has 1 N–H and O–H groups in total. The van der Waals surface area contributed by atoms with Gasteiger partial charge in [0.25, 0.3) is 0 Å². The van der Waals surface area contributed by atoms with Crippen LogP contribution in [0.25, 0.3) is 0 Å². The average Bonchev–Trinajstić information content (AvgIpc) is 2.67. The molecule has 5 nitrogen and oxygen atoms in total. The predicted octanol–water partition coefficient (Wildman–Crippen LogP) is 3.30. The van der Waals surface area contributed by atoms with Crippen molar-refractivity contribution in [3.8, 4) is 5.75 Å². The summed E-state index contributed by atoms with van der Waals surface area (Å²) in [6, 6.07) is 15.7. The fourth-order valence-corrected chi connectivity index (χ4v) is 3.55. The number of amides is 1. The molecule has 5 heteroatoms. The molecule has 142 valence electrons. The van der Waals surface area contributed by atoms with Crippen LogP contribution >= 0.6 is 0 Å². The molecule has 27 heavy (non-hydrogen) atoms. The largest absolute Gasteiger partial charge is 0.482 e. The number of fused-ring (bicyclic) bond motifs is 1. The van der Waals surface area contributed by atoms with Gasteiger partial charge in [-0.15, -0.1) is 0 Å². The second-order valence-corrected chi connectivity index (χ2v) is 7.16. The Balaban J connectivity index is 1.50. The number of carbonyl (C=O) groups excluding carboxylic acids is 1. The lowest BCUT2D eigenvalue weighted by molar-refractivity contribution is -0.139. The SMILES string of the molecule is CN(Cc1ccc(OCC(=O)O)cc1)C(=O)CC1CCc2ccccc2C1. The van der Waals surface area contributed by atoms with Crippen molar-refractivity contribution in [2.45, 2.75) is 32.2 Å². The molecule has 0 aliphatic heterocycles. The van der Waals surface area contributed by atoms with Crippen LogP contribution in [0.15, 0.2) is 48.5 Å². The van der Waals surface area contributed by atoms with E-state index in [0.29, 0.717) is 24.6 Å². The van der Waals surface area contributed by atoms with Crippen LogP contribution < -0.4 is 4.74 Å². The van der Waals surface area contributed by atoms with Crippen LogP contribution in [0.2, 0.25) is 0 Å². The molecule has 1 amide bonds. The zero-order valence-corrected chi connectivity index (χ0v) is 15.6. The number of aliphatic carboxylic acids is 1. The summed E-state index contributed by atoms with van der Waals surface area (Å²) in [5.74, 6) is 0.0676. The normalized spacial score (nSPS) is 15.7. The first-order chi connectivity index (χ1) is 13.0. The topological polar surface area (TPSA) is 66.8 Å². The van der Waals surface area contributed by atoms with Gasteiger partial charge in [0, 0.05) is 20.0 Å². The van der Waals surface area contributed by atoms with E-state index in [1.54, 1.807) is 17.0 Å². The summed E-state index contributed by atoms with van der Waals surface area (Å²) >= 11 is 0. The molecular formula is C22H25NO4. The van der Waals surface area contributed by atoms with Crippen LogP contribution in [-0.2, 0) is 29.0 Å². The van der Waals surface area contributed by atoms with E-state index in [1.807, 2.05) is 19.2 Å². The molecule has 1 unspecified atom stereocenters. The summed E-state index contributed by atoms with van der Waals surface area (Å²) in [5, 5.41) is 8.63. The van der Waals surface area contributed by atoms with Gasteiger partial charge < -0.3 is 14.7 Å². The molecule has 0 saturated carbocycles. The van der Waals surface area contributed by atoms with Gasteiger partial charge in [0.15, 0.2) is 6.61 Å². The van der Waals surface area contributed by atoms with Gasteiger partial charge in [-0.05, 0) is 54.0 Å². The molecule has 2 aromatic rings. The number of aryl methyl sites for hydroxylation is 1. The minimum Gasteiger partial charge on any atom is -0.482 e. The number of benzene rings is 2. The van der Waals surface area contributed by atoms with E-state index in [9.17, 15) is 9.59 Å². The number of rotatable bonds is 7. The van der Waals surface area contributed by atoms with Gasteiger partial charge >= 0.3 is 5.97 Å². The number of hydrogen-bond acceptors (Lipinski definition) is 3. The minimum atomic E-state index is -1.00. The first kappa shape index (κ1) is 19.0. The van der Waals surface area contributed by atoms with Crippen molar-refractivity contribution in [2.75, 3.05) is 13.7 Å². The Morgan fingerprint density at radius 1 is 1.11 bits per heavy atom. The Morgan fingerprint density at radius 2 is 1.81 bits per heavy atom. The molecular weight excluding hydrogens is 342 g/mol. The Morgan fingerprint density at radius 3 is 2.52 bits per heavy atom. The van der Waals surface area contributed by atoms with Gasteiger partial charge in [0.05, 0.1) is 0 Å². The maximum Gasteiger partial charge on any atom is 0.341 e. The van der Waals surface area contributed by atoms with Crippen LogP contribution in [-0.4, -0.2) is 35.5 Å². The van der Waals surface area contributed by atoms with Gasteiger partial charge in [-0.3, -0.25) is 4.79 Å². The van der Waals surface area contributed by atoms with Gasteiger partial charge in [0.1, 0.15) is 5.75 Å². The van der Waals surface area contributed by atoms with Crippen molar-refractivity contribution in [2.24, 2.45) is 5.92 Å². The molecule has 0 aromatic heterocycles. The van der Waals surface area contributed by atoms with Crippen molar-refractivity contribution in [3.05, 3.63) is 65.2 Å². The van der Waals surface area contributed by atoms with E-state index in [-0.39, 0.29) is 12.5 Å². The number of hydrogen-bond donors (Lipinski definition) is 1. The quantitative estimate of drug-likeness (QED) is 0.815. The molecule has 0 radical (unpaired) electrons. The van der Waals surface area contributed by atoms with E-state index in [4.69, 9.17) is 9.84 Å². The monoisotopic (exact) mass is 367 g/mol. The lowest BCUT2D eigenvalue weighted by Gasteiger charge is -2.26. The van der Waals surface area contributed by atoms with E-state index in [2.05, 4.69) is 24.3 Å². The first-order valence-electron chi connectivity index (χ1n) is 9.25. The fraction of sp³-hybridized carbons (Fsp3) is 0.364. The van der Waals surface area contributed by atoms with Crippen molar-refractivity contribution in [3.63, 3.8) is 0 Å². The Bertz CT molecular complexity index is 800. The number of carbonyl (C=O) groups is 2. The summed E-state index contributed by atoms with van der Waals surface area (Å²) in [4.78, 5) is 24.9. The Hall–Kier alpha value is -2.82.